The van der Waals surface area contributed by atoms with Gasteiger partial charge in [-0.3, -0.25) is 5.10 Å². The van der Waals surface area contributed by atoms with Crippen LogP contribution in [0, 0.1) is 0 Å². The van der Waals surface area contributed by atoms with Crippen LogP contribution in [-0.4, -0.2) is 14.8 Å². The van der Waals surface area contributed by atoms with Crippen molar-refractivity contribution in [2.45, 2.75) is 6.54 Å². The second kappa shape index (κ2) is 4.79. The third kappa shape index (κ3) is 2.27. The van der Waals surface area contributed by atoms with Crippen molar-refractivity contribution in [3.8, 4) is 5.69 Å². The smallest absolute Gasteiger partial charge is 0.0567 e. The van der Waals surface area contributed by atoms with Gasteiger partial charge in [-0.15, -0.1) is 0 Å². The van der Waals surface area contributed by atoms with Crippen LogP contribution in [0.4, 0.5) is 5.69 Å². The average molecular weight is 238 g/mol. The van der Waals surface area contributed by atoms with Crippen LogP contribution >= 0.6 is 0 Å². The summed E-state index contributed by atoms with van der Waals surface area (Å²) in [7, 11) is 0. The molecule has 0 aliphatic heterocycles. The molecule has 90 valence electrons. The van der Waals surface area contributed by atoms with Crippen molar-refractivity contribution in [3.05, 3.63) is 66.7 Å². The SMILES string of the molecule is c1cc(NCc2ccn[nH]2)cc(-n2cccc2)c1. The van der Waals surface area contributed by atoms with Crippen LogP contribution in [0.25, 0.3) is 5.69 Å². The number of hydrogen-bond acceptors (Lipinski definition) is 2. The molecule has 3 aromatic rings. The molecule has 2 aromatic heterocycles. The van der Waals surface area contributed by atoms with Gasteiger partial charge in [-0.25, -0.2) is 0 Å². The fourth-order valence-corrected chi connectivity index (χ4v) is 1.86. The highest BCUT2D eigenvalue weighted by molar-refractivity contribution is 5.51. The molecule has 0 radical (unpaired) electrons. The lowest BCUT2D eigenvalue weighted by Crippen LogP contribution is -2.00. The molecule has 3 rings (SSSR count). The quantitative estimate of drug-likeness (QED) is 0.734. The summed E-state index contributed by atoms with van der Waals surface area (Å²) in [6, 6.07) is 14.3. The number of benzene rings is 1. The summed E-state index contributed by atoms with van der Waals surface area (Å²) in [5.74, 6) is 0. The highest BCUT2D eigenvalue weighted by atomic mass is 15.1. The molecule has 2 heterocycles. The Labute approximate surface area is 105 Å². The zero-order chi connectivity index (χ0) is 12.2. The summed E-state index contributed by atoms with van der Waals surface area (Å²) in [5.41, 5.74) is 3.31. The molecule has 0 spiro atoms. The van der Waals surface area contributed by atoms with Crippen molar-refractivity contribution >= 4 is 5.69 Å². The van der Waals surface area contributed by atoms with Gasteiger partial charge in [-0.1, -0.05) is 6.07 Å². The van der Waals surface area contributed by atoms with Crippen LogP contribution in [0.3, 0.4) is 0 Å². The molecular formula is C14H14N4. The largest absolute Gasteiger partial charge is 0.379 e. The lowest BCUT2D eigenvalue weighted by Gasteiger charge is -2.08. The van der Waals surface area contributed by atoms with Crippen molar-refractivity contribution < 1.29 is 0 Å². The highest BCUT2D eigenvalue weighted by Gasteiger charge is 1.98. The van der Waals surface area contributed by atoms with Crippen LogP contribution in [0.2, 0.25) is 0 Å². The van der Waals surface area contributed by atoms with Gasteiger partial charge in [0.2, 0.25) is 0 Å². The van der Waals surface area contributed by atoms with Gasteiger partial charge in [0.05, 0.1) is 12.2 Å². The molecule has 0 aliphatic carbocycles. The van der Waals surface area contributed by atoms with Crippen LogP contribution in [0.5, 0.6) is 0 Å². The first-order valence-corrected chi connectivity index (χ1v) is 5.87. The van der Waals surface area contributed by atoms with Crippen molar-refractivity contribution in [2.24, 2.45) is 0 Å². The predicted octanol–water partition coefficient (Wildman–Crippen LogP) is 2.81. The van der Waals surface area contributed by atoms with E-state index < -0.39 is 0 Å². The van der Waals surface area contributed by atoms with Crippen molar-refractivity contribution in [3.63, 3.8) is 0 Å². The number of hydrogen-bond donors (Lipinski definition) is 2. The first-order chi connectivity index (χ1) is 8.92. The molecule has 0 saturated carbocycles. The van der Waals surface area contributed by atoms with E-state index in [2.05, 4.69) is 38.3 Å². The van der Waals surface area contributed by atoms with Gasteiger partial charge in [0.15, 0.2) is 0 Å². The molecule has 0 atom stereocenters. The molecule has 0 unspecified atom stereocenters. The Morgan fingerprint density at radius 1 is 1.11 bits per heavy atom. The summed E-state index contributed by atoms with van der Waals surface area (Å²) in [6.07, 6.45) is 5.83. The second-order valence-electron chi connectivity index (χ2n) is 4.08. The van der Waals surface area contributed by atoms with Gasteiger partial charge in [0.1, 0.15) is 0 Å². The van der Waals surface area contributed by atoms with Crippen LogP contribution in [0.1, 0.15) is 5.69 Å². The maximum atomic E-state index is 3.92. The fraction of sp³-hybridized carbons (Fsp3) is 0.0714. The first-order valence-electron chi connectivity index (χ1n) is 5.87. The fourth-order valence-electron chi connectivity index (χ4n) is 1.86. The summed E-state index contributed by atoms with van der Waals surface area (Å²) in [6.45, 7) is 0.745. The topological polar surface area (TPSA) is 45.6 Å². The van der Waals surface area contributed by atoms with E-state index in [4.69, 9.17) is 0 Å². The third-order valence-corrected chi connectivity index (χ3v) is 2.79. The minimum atomic E-state index is 0.745. The Balaban J connectivity index is 1.75. The van der Waals surface area contributed by atoms with Gasteiger partial charge < -0.3 is 9.88 Å². The van der Waals surface area contributed by atoms with E-state index >= 15 is 0 Å². The van der Waals surface area contributed by atoms with E-state index in [1.54, 1.807) is 6.20 Å². The van der Waals surface area contributed by atoms with Gasteiger partial charge in [-0.2, -0.15) is 5.10 Å². The zero-order valence-electron chi connectivity index (χ0n) is 9.88. The predicted molar refractivity (Wildman–Crippen MR) is 71.7 cm³/mol. The second-order valence-corrected chi connectivity index (χ2v) is 4.08. The summed E-state index contributed by atoms with van der Waals surface area (Å²) in [5, 5.41) is 10.2. The minimum Gasteiger partial charge on any atom is -0.379 e. The van der Waals surface area contributed by atoms with Gasteiger partial charge in [0, 0.05) is 30.0 Å². The summed E-state index contributed by atoms with van der Waals surface area (Å²) < 4.78 is 2.08. The maximum absolute atomic E-state index is 3.92. The van der Waals surface area contributed by atoms with Crippen LogP contribution in [-0.2, 0) is 6.54 Å². The molecule has 0 amide bonds. The van der Waals surface area contributed by atoms with Gasteiger partial charge >= 0.3 is 0 Å². The normalized spacial score (nSPS) is 10.4. The van der Waals surface area contributed by atoms with Crippen LogP contribution in [0.15, 0.2) is 61.1 Å². The monoisotopic (exact) mass is 238 g/mol. The van der Waals surface area contributed by atoms with E-state index in [0.29, 0.717) is 0 Å². The molecule has 1 aromatic carbocycles. The number of aromatic nitrogens is 3. The number of rotatable bonds is 4. The number of H-pyrrole nitrogens is 1. The molecular weight excluding hydrogens is 224 g/mol. The van der Waals surface area contributed by atoms with Crippen molar-refractivity contribution in [1.82, 2.24) is 14.8 Å². The number of nitrogens with zero attached hydrogens (tertiary/aromatic N) is 2. The van der Waals surface area contributed by atoms with E-state index in [1.807, 2.05) is 36.7 Å². The third-order valence-electron chi connectivity index (χ3n) is 2.79. The van der Waals surface area contributed by atoms with Crippen LogP contribution < -0.4 is 5.32 Å². The maximum Gasteiger partial charge on any atom is 0.0567 e. The summed E-state index contributed by atoms with van der Waals surface area (Å²) in [4.78, 5) is 0. The van der Waals surface area contributed by atoms with Crippen molar-refractivity contribution in [1.29, 1.82) is 0 Å². The molecule has 0 fully saturated rings. The first kappa shape index (κ1) is 10.7. The molecule has 0 aliphatic rings. The number of nitrogens with one attached hydrogen (secondary N) is 2. The van der Waals surface area contributed by atoms with E-state index in [0.717, 1.165) is 23.6 Å². The van der Waals surface area contributed by atoms with E-state index in [-0.39, 0.29) is 0 Å². The summed E-state index contributed by atoms with van der Waals surface area (Å²) >= 11 is 0. The molecule has 2 N–H and O–H groups in total. The highest BCUT2D eigenvalue weighted by Crippen LogP contribution is 2.15. The van der Waals surface area contributed by atoms with Gasteiger partial charge in [-0.05, 0) is 36.4 Å². The van der Waals surface area contributed by atoms with E-state index in [1.165, 1.54) is 0 Å². The Morgan fingerprint density at radius 2 is 2.00 bits per heavy atom. The molecule has 0 bridgehead atoms. The lowest BCUT2D eigenvalue weighted by atomic mass is 10.2. The lowest BCUT2D eigenvalue weighted by molar-refractivity contribution is 0.980. The molecule has 0 saturated heterocycles. The molecule has 18 heavy (non-hydrogen) atoms. The standard InChI is InChI=1S/C14H14N4/c1-2-9-18(8-1)14-5-3-4-12(10-14)15-11-13-6-7-16-17-13/h1-10,15H,11H2,(H,16,17). The number of aromatic amines is 1. The Bertz CT molecular complexity index is 597. The average Bonchev–Trinajstić information content (AvgIpc) is 3.10. The molecule has 4 nitrogen and oxygen atoms in total. The number of anilines is 1. The van der Waals surface area contributed by atoms with E-state index in [9.17, 15) is 0 Å². The Kier molecular flexibility index (Phi) is 2.84. The minimum absolute atomic E-state index is 0.745. The molecule has 4 heteroatoms. The Hall–Kier alpha value is -2.49. The van der Waals surface area contributed by atoms with Crippen molar-refractivity contribution in [2.75, 3.05) is 5.32 Å². The zero-order valence-corrected chi connectivity index (χ0v) is 9.88. The Morgan fingerprint density at radius 3 is 2.78 bits per heavy atom. The van der Waals surface area contributed by atoms with Gasteiger partial charge in [0.25, 0.3) is 0 Å².